The van der Waals surface area contributed by atoms with Gasteiger partial charge in [0.05, 0.1) is 0 Å². The third kappa shape index (κ3) is 5.19. The summed E-state index contributed by atoms with van der Waals surface area (Å²) >= 11 is 0. The quantitative estimate of drug-likeness (QED) is 0.419. The minimum atomic E-state index is -0.920. The van der Waals surface area contributed by atoms with Crippen LogP contribution in [0.15, 0.2) is 18.2 Å². The Bertz CT molecular complexity index is 680. The lowest BCUT2D eigenvalue weighted by Gasteiger charge is -2.08. The van der Waals surface area contributed by atoms with Gasteiger partial charge in [-0.25, -0.2) is 0 Å². The molecule has 0 saturated heterocycles. The van der Waals surface area contributed by atoms with Crippen LogP contribution in [0.25, 0.3) is 0 Å². The van der Waals surface area contributed by atoms with E-state index >= 15 is 0 Å². The normalized spacial score (nSPS) is 13.1. The number of Topliss-reactive ketones (excluding diaryl/α,β-unsaturated/α-hetero) is 1. The number of aryl methyl sites for hydroxylation is 2. The molecule has 1 aliphatic rings. The van der Waals surface area contributed by atoms with Crippen LogP contribution in [0.3, 0.4) is 0 Å². The maximum absolute atomic E-state index is 12.2. The van der Waals surface area contributed by atoms with E-state index in [4.69, 9.17) is 0 Å². The van der Waals surface area contributed by atoms with Crippen LogP contribution in [0.4, 0.5) is 0 Å². The smallest absolute Gasteiger partial charge is 0.327 e. The SMILES string of the molecule is Cc1ccc(C)c(C(=O)CCC(=O)NNC(=O)C(=O)NC2CC2)c1. The lowest BCUT2D eigenvalue weighted by Crippen LogP contribution is -2.49. The topological polar surface area (TPSA) is 104 Å². The molecule has 128 valence electrons. The second-order valence-electron chi connectivity index (χ2n) is 5.99. The first-order chi connectivity index (χ1) is 11.4. The highest BCUT2D eigenvalue weighted by molar-refractivity contribution is 6.35. The summed E-state index contributed by atoms with van der Waals surface area (Å²) in [5, 5.41) is 2.50. The van der Waals surface area contributed by atoms with Crippen molar-refractivity contribution in [2.24, 2.45) is 0 Å². The molecule has 0 heterocycles. The number of amides is 3. The van der Waals surface area contributed by atoms with E-state index in [-0.39, 0.29) is 24.7 Å². The number of nitrogens with one attached hydrogen (secondary N) is 3. The van der Waals surface area contributed by atoms with Crippen molar-refractivity contribution < 1.29 is 19.2 Å². The van der Waals surface area contributed by atoms with Gasteiger partial charge in [0.25, 0.3) is 0 Å². The zero-order valence-corrected chi connectivity index (χ0v) is 13.8. The fourth-order valence-corrected chi connectivity index (χ4v) is 2.12. The molecule has 1 aromatic rings. The van der Waals surface area contributed by atoms with E-state index in [2.05, 4.69) is 10.7 Å². The fourth-order valence-electron chi connectivity index (χ4n) is 2.12. The van der Waals surface area contributed by atoms with E-state index in [1.165, 1.54) is 0 Å². The molecule has 0 spiro atoms. The number of hydrazine groups is 1. The first-order valence-electron chi connectivity index (χ1n) is 7.87. The molecule has 0 aliphatic heterocycles. The van der Waals surface area contributed by atoms with Crippen molar-refractivity contribution in [2.45, 2.75) is 45.6 Å². The second kappa shape index (κ2) is 7.72. The van der Waals surface area contributed by atoms with Gasteiger partial charge in [0.1, 0.15) is 0 Å². The van der Waals surface area contributed by atoms with Crippen LogP contribution in [-0.4, -0.2) is 29.5 Å². The molecule has 1 fully saturated rings. The van der Waals surface area contributed by atoms with E-state index < -0.39 is 17.7 Å². The third-order valence-electron chi connectivity index (χ3n) is 3.71. The monoisotopic (exact) mass is 331 g/mol. The van der Waals surface area contributed by atoms with Gasteiger partial charge in [-0.3, -0.25) is 30.0 Å². The fraction of sp³-hybridized carbons (Fsp3) is 0.412. The highest BCUT2D eigenvalue weighted by atomic mass is 16.2. The maximum atomic E-state index is 12.2. The lowest BCUT2D eigenvalue weighted by atomic mass is 9.99. The first kappa shape index (κ1) is 17.7. The average Bonchev–Trinajstić information content (AvgIpc) is 3.36. The molecule has 0 atom stereocenters. The van der Waals surface area contributed by atoms with Gasteiger partial charge in [-0.15, -0.1) is 0 Å². The Morgan fingerprint density at radius 2 is 1.71 bits per heavy atom. The Balaban J connectivity index is 1.74. The summed E-state index contributed by atoms with van der Waals surface area (Å²) in [6, 6.07) is 5.64. The molecular weight excluding hydrogens is 310 g/mol. The number of hydrogen-bond acceptors (Lipinski definition) is 4. The summed E-state index contributed by atoms with van der Waals surface area (Å²) < 4.78 is 0. The van der Waals surface area contributed by atoms with Gasteiger partial charge in [-0.05, 0) is 38.3 Å². The third-order valence-corrected chi connectivity index (χ3v) is 3.71. The minimum Gasteiger partial charge on any atom is -0.345 e. The number of carbonyl (C=O) groups is 4. The van der Waals surface area contributed by atoms with Crippen LogP contribution in [0.2, 0.25) is 0 Å². The Morgan fingerprint density at radius 3 is 2.38 bits per heavy atom. The van der Waals surface area contributed by atoms with Gasteiger partial charge in [0, 0.05) is 24.4 Å². The molecule has 3 N–H and O–H groups in total. The molecule has 3 amide bonds. The van der Waals surface area contributed by atoms with Crippen LogP contribution >= 0.6 is 0 Å². The van der Waals surface area contributed by atoms with E-state index in [1.54, 1.807) is 6.07 Å². The van der Waals surface area contributed by atoms with Gasteiger partial charge < -0.3 is 5.32 Å². The summed E-state index contributed by atoms with van der Waals surface area (Å²) in [5.74, 6) is -2.36. The van der Waals surface area contributed by atoms with Gasteiger partial charge >= 0.3 is 11.8 Å². The second-order valence-corrected chi connectivity index (χ2v) is 5.99. The molecule has 0 aromatic heterocycles. The van der Waals surface area contributed by atoms with Crippen LogP contribution in [0, 0.1) is 13.8 Å². The van der Waals surface area contributed by atoms with Crippen molar-refractivity contribution in [3.8, 4) is 0 Å². The predicted octanol–water partition coefficient (Wildman–Crippen LogP) is 0.692. The van der Waals surface area contributed by atoms with E-state index in [1.807, 2.05) is 31.4 Å². The number of rotatable bonds is 5. The number of carbonyl (C=O) groups excluding carboxylic acids is 4. The summed E-state index contributed by atoms with van der Waals surface area (Å²) in [6.45, 7) is 3.73. The van der Waals surface area contributed by atoms with E-state index in [0.29, 0.717) is 5.56 Å². The molecule has 2 rings (SSSR count). The summed E-state index contributed by atoms with van der Waals surface area (Å²) in [5.41, 5.74) is 6.60. The van der Waals surface area contributed by atoms with Crippen LogP contribution in [0.5, 0.6) is 0 Å². The molecule has 1 saturated carbocycles. The molecule has 1 aliphatic carbocycles. The summed E-state index contributed by atoms with van der Waals surface area (Å²) in [4.78, 5) is 46.7. The Hall–Kier alpha value is -2.70. The molecule has 7 heteroatoms. The molecular formula is C17H21N3O4. The van der Waals surface area contributed by atoms with Crippen molar-refractivity contribution in [1.29, 1.82) is 0 Å². The van der Waals surface area contributed by atoms with Gasteiger partial charge in [0.15, 0.2) is 5.78 Å². The van der Waals surface area contributed by atoms with Crippen molar-refractivity contribution in [1.82, 2.24) is 16.2 Å². The van der Waals surface area contributed by atoms with Crippen molar-refractivity contribution in [3.05, 3.63) is 34.9 Å². The Kier molecular flexibility index (Phi) is 5.68. The number of ketones is 1. The Labute approximate surface area is 140 Å². The zero-order valence-electron chi connectivity index (χ0n) is 13.8. The number of hydrogen-bond donors (Lipinski definition) is 3. The predicted molar refractivity (Wildman–Crippen MR) is 86.9 cm³/mol. The number of benzene rings is 1. The Morgan fingerprint density at radius 1 is 1.00 bits per heavy atom. The summed E-state index contributed by atoms with van der Waals surface area (Å²) in [6.07, 6.45) is 1.69. The van der Waals surface area contributed by atoms with Crippen molar-refractivity contribution in [2.75, 3.05) is 0 Å². The zero-order chi connectivity index (χ0) is 17.7. The maximum Gasteiger partial charge on any atom is 0.327 e. The van der Waals surface area contributed by atoms with Gasteiger partial charge in [-0.2, -0.15) is 0 Å². The van der Waals surface area contributed by atoms with Crippen molar-refractivity contribution in [3.63, 3.8) is 0 Å². The lowest BCUT2D eigenvalue weighted by molar-refractivity contribution is -0.141. The molecule has 0 bridgehead atoms. The standard InChI is InChI=1S/C17H21N3O4/c1-10-3-4-11(2)13(9-10)14(21)7-8-15(22)19-20-17(24)16(23)18-12-5-6-12/h3-4,9,12H,5-8H2,1-2H3,(H,18,23)(H,19,22)(H,20,24). The molecule has 0 radical (unpaired) electrons. The first-order valence-corrected chi connectivity index (χ1v) is 7.87. The largest absolute Gasteiger partial charge is 0.345 e. The van der Waals surface area contributed by atoms with Crippen LogP contribution in [-0.2, 0) is 14.4 Å². The van der Waals surface area contributed by atoms with Crippen molar-refractivity contribution >= 4 is 23.5 Å². The van der Waals surface area contributed by atoms with Gasteiger partial charge in [-0.1, -0.05) is 17.7 Å². The highest BCUT2D eigenvalue weighted by Gasteiger charge is 2.26. The van der Waals surface area contributed by atoms with E-state index in [0.717, 1.165) is 24.0 Å². The minimum absolute atomic E-state index is 0.0280. The average molecular weight is 331 g/mol. The molecule has 1 aromatic carbocycles. The van der Waals surface area contributed by atoms with E-state index in [9.17, 15) is 19.2 Å². The van der Waals surface area contributed by atoms with Crippen LogP contribution in [0.1, 0.15) is 47.2 Å². The van der Waals surface area contributed by atoms with Crippen LogP contribution < -0.4 is 16.2 Å². The molecule has 0 unspecified atom stereocenters. The molecule has 24 heavy (non-hydrogen) atoms. The summed E-state index contributed by atoms with van der Waals surface area (Å²) in [7, 11) is 0. The molecule has 7 nitrogen and oxygen atoms in total. The highest BCUT2D eigenvalue weighted by Crippen LogP contribution is 2.18. The van der Waals surface area contributed by atoms with Gasteiger partial charge in [0.2, 0.25) is 5.91 Å².